The molecule has 23 heavy (non-hydrogen) atoms. The van der Waals surface area contributed by atoms with E-state index in [9.17, 15) is 5.11 Å². The van der Waals surface area contributed by atoms with E-state index in [1.54, 1.807) is 0 Å². The highest BCUT2D eigenvalue weighted by Crippen LogP contribution is 2.23. The zero-order valence-electron chi connectivity index (χ0n) is 12.7. The molecular weight excluding hydrogens is 401 g/mol. The molecule has 2 rings (SSSR count). The lowest BCUT2D eigenvalue weighted by molar-refractivity contribution is 0.104. The monoisotopic (exact) mass is 419 g/mol. The molecule has 2 aromatic carbocycles. The maximum absolute atomic E-state index is 10.0. The molecule has 0 aliphatic rings. The van der Waals surface area contributed by atoms with Gasteiger partial charge in [0, 0.05) is 17.6 Å². The summed E-state index contributed by atoms with van der Waals surface area (Å²) in [7, 11) is 0. The Morgan fingerprint density at radius 2 is 1.83 bits per heavy atom. The molecule has 2 aromatic rings. The molecule has 2 N–H and O–H groups in total. The zero-order valence-corrected chi connectivity index (χ0v) is 15.9. The van der Waals surface area contributed by atoms with Crippen LogP contribution in [0.5, 0.6) is 5.75 Å². The third-order valence-corrected chi connectivity index (χ3v) is 4.20. The maximum Gasteiger partial charge on any atom is 0.133 e. The Hall–Kier alpha value is -0.780. The quantitative estimate of drug-likeness (QED) is 0.686. The van der Waals surface area contributed by atoms with Crippen LogP contribution in [0.3, 0.4) is 0 Å². The first-order chi connectivity index (χ1) is 10.6. The number of aliphatic hydroxyl groups excluding tert-OH is 1. The fraction of sp³-hybridized carbons (Fsp3) is 0.294. The van der Waals surface area contributed by atoms with Crippen LogP contribution in [-0.2, 0) is 0 Å². The van der Waals surface area contributed by atoms with E-state index in [1.807, 2.05) is 55.5 Å². The summed E-state index contributed by atoms with van der Waals surface area (Å²) < 4.78 is 6.48. The minimum absolute atomic E-state index is 0. The van der Waals surface area contributed by atoms with Crippen LogP contribution in [0.4, 0.5) is 0 Å². The number of hydrogen-bond acceptors (Lipinski definition) is 3. The highest BCUT2D eigenvalue weighted by Gasteiger charge is 2.10. The van der Waals surface area contributed by atoms with E-state index < -0.39 is 6.10 Å². The van der Waals surface area contributed by atoms with Gasteiger partial charge in [0.05, 0.1) is 4.47 Å². The summed E-state index contributed by atoms with van der Waals surface area (Å²) in [4.78, 5) is 0. The smallest absolute Gasteiger partial charge is 0.133 e. The van der Waals surface area contributed by atoms with E-state index in [2.05, 4.69) is 21.2 Å². The van der Waals surface area contributed by atoms with Crippen LogP contribution in [-0.4, -0.2) is 24.4 Å². The lowest BCUT2D eigenvalue weighted by atomic mass is 10.1. The second kappa shape index (κ2) is 10.2. The largest absolute Gasteiger partial charge is 0.490 e. The van der Waals surface area contributed by atoms with Gasteiger partial charge in [0.1, 0.15) is 18.5 Å². The summed E-state index contributed by atoms with van der Waals surface area (Å²) in [5.74, 6) is 0.729. The van der Waals surface area contributed by atoms with Gasteiger partial charge in [0.25, 0.3) is 0 Å². The molecule has 6 heteroatoms. The lowest BCUT2D eigenvalue weighted by Gasteiger charge is -2.18. The van der Waals surface area contributed by atoms with Crippen molar-refractivity contribution in [1.82, 2.24) is 5.32 Å². The third-order valence-electron chi connectivity index (χ3n) is 3.30. The fourth-order valence-electron chi connectivity index (χ4n) is 1.99. The van der Waals surface area contributed by atoms with Gasteiger partial charge in [-0.1, -0.05) is 35.9 Å². The van der Waals surface area contributed by atoms with Crippen molar-refractivity contribution < 1.29 is 9.84 Å². The molecule has 2 unspecified atom stereocenters. The molecule has 2 atom stereocenters. The number of nitrogens with one attached hydrogen (secondary N) is 1. The molecule has 0 heterocycles. The van der Waals surface area contributed by atoms with Crippen molar-refractivity contribution in [3.8, 4) is 5.75 Å². The number of halogens is 3. The molecule has 0 saturated heterocycles. The van der Waals surface area contributed by atoms with E-state index in [4.69, 9.17) is 16.3 Å². The first-order valence-electron chi connectivity index (χ1n) is 7.10. The molecule has 126 valence electrons. The molecule has 0 aliphatic carbocycles. The normalized spacial score (nSPS) is 13.0. The van der Waals surface area contributed by atoms with E-state index in [1.165, 1.54) is 0 Å². The van der Waals surface area contributed by atoms with Crippen LogP contribution in [0.2, 0.25) is 5.02 Å². The molecule has 0 amide bonds. The molecule has 0 bridgehead atoms. The van der Waals surface area contributed by atoms with Gasteiger partial charge >= 0.3 is 0 Å². The topological polar surface area (TPSA) is 41.5 Å². The van der Waals surface area contributed by atoms with Crippen molar-refractivity contribution in [2.75, 3.05) is 13.2 Å². The summed E-state index contributed by atoms with van der Waals surface area (Å²) in [5.41, 5.74) is 1.13. The molecule has 0 aliphatic heterocycles. The minimum atomic E-state index is -0.582. The number of aliphatic hydroxyl groups is 1. The van der Waals surface area contributed by atoms with Crippen molar-refractivity contribution in [3.05, 3.63) is 63.6 Å². The molecule has 0 fully saturated rings. The lowest BCUT2D eigenvalue weighted by Crippen LogP contribution is -2.33. The Balaban J connectivity index is 0.00000264. The average molecular weight is 421 g/mol. The second-order valence-electron chi connectivity index (χ2n) is 5.08. The fourth-order valence-corrected chi connectivity index (χ4v) is 2.51. The van der Waals surface area contributed by atoms with E-state index in [-0.39, 0.29) is 25.1 Å². The van der Waals surface area contributed by atoms with Crippen molar-refractivity contribution >= 4 is 39.9 Å². The number of benzene rings is 2. The van der Waals surface area contributed by atoms with E-state index in [0.29, 0.717) is 6.54 Å². The highest BCUT2D eigenvalue weighted by atomic mass is 79.9. The number of hydrogen-bond donors (Lipinski definition) is 2. The summed E-state index contributed by atoms with van der Waals surface area (Å²) in [6, 6.07) is 15.4. The Morgan fingerprint density at radius 3 is 2.48 bits per heavy atom. The van der Waals surface area contributed by atoms with Gasteiger partial charge in [-0.3, -0.25) is 0 Å². The van der Waals surface area contributed by atoms with Gasteiger partial charge in [-0.25, -0.2) is 0 Å². The van der Waals surface area contributed by atoms with E-state index >= 15 is 0 Å². The van der Waals surface area contributed by atoms with Gasteiger partial charge in [-0.05, 0) is 52.7 Å². The first kappa shape index (κ1) is 20.3. The Morgan fingerprint density at radius 1 is 1.17 bits per heavy atom. The van der Waals surface area contributed by atoms with Gasteiger partial charge < -0.3 is 15.2 Å². The van der Waals surface area contributed by atoms with Crippen LogP contribution in [0.15, 0.2) is 53.0 Å². The molecule has 0 aromatic heterocycles. The third kappa shape index (κ3) is 6.69. The molecule has 0 spiro atoms. The van der Waals surface area contributed by atoms with Gasteiger partial charge in [-0.15, -0.1) is 12.4 Å². The summed E-state index contributed by atoms with van der Waals surface area (Å²) in [5, 5.41) is 14.0. The van der Waals surface area contributed by atoms with Crippen molar-refractivity contribution in [3.63, 3.8) is 0 Å². The van der Waals surface area contributed by atoms with Crippen molar-refractivity contribution in [2.24, 2.45) is 0 Å². The van der Waals surface area contributed by atoms with Crippen LogP contribution >= 0.6 is 39.9 Å². The predicted octanol–water partition coefficient (Wildman–Crippen LogP) is 4.61. The molecule has 3 nitrogen and oxygen atoms in total. The summed E-state index contributed by atoms with van der Waals surface area (Å²) in [6.45, 7) is 2.74. The maximum atomic E-state index is 10.0. The van der Waals surface area contributed by atoms with Crippen LogP contribution in [0.25, 0.3) is 0 Å². The van der Waals surface area contributed by atoms with Gasteiger partial charge in [0.2, 0.25) is 0 Å². The molecule has 0 radical (unpaired) electrons. The SMILES string of the molecule is CC(NCC(O)COc1ccccc1Br)c1ccc(Cl)cc1.Cl. The highest BCUT2D eigenvalue weighted by molar-refractivity contribution is 9.10. The molecular formula is C17H20BrCl2NO2. The summed E-state index contributed by atoms with van der Waals surface area (Å²) in [6.07, 6.45) is -0.582. The van der Waals surface area contributed by atoms with Crippen LogP contribution in [0, 0.1) is 0 Å². The Labute approximate surface area is 156 Å². The standard InChI is InChI=1S/C17H19BrClNO2.ClH/c1-12(13-6-8-14(19)9-7-13)20-10-15(21)11-22-17-5-3-2-4-16(17)18;/h2-9,12,15,20-21H,10-11H2,1H3;1H. The number of para-hydroxylation sites is 1. The number of rotatable bonds is 7. The van der Waals surface area contributed by atoms with E-state index in [0.717, 1.165) is 20.8 Å². The van der Waals surface area contributed by atoms with Gasteiger partial charge in [0.15, 0.2) is 0 Å². The summed E-state index contributed by atoms with van der Waals surface area (Å²) >= 11 is 9.29. The Kier molecular flexibility index (Phi) is 8.95. The molecule has 0 saturated carbocycles. The van der Waals surface area contributed by atoms with Crippen LogP contribution in [0.1, 0.15) is 18.5 Å². The zero-order chi connectivity index (χ0) is 15.9. The number of ether oxygens (including phenoxy) is 1. The minimum Gasteiger partial charge on any atom is -0.490 e. The Bertz CT molecular complexity index is 595. The predicted molar refractivity (Wildman–Crippen MR) is 101 cm³/mol. The average Bonchev–Trinajstić information content (AvgIpc) is 2.52. The first-order valence-corrected chi connectivity index (χ1v) is 8.27. The van der Waals surface area contributed by atoms with Gasteiger partial charge in [-0.2, -0.15) is 0 Å². The van der Waals surface area contributed by atoms with Crippen molar-refractivity contribution in [1.29, 1.82) is 0 Å². The van der Waals surface area contributed by atoms with Crippen LogP contribution < -0.4 is 10.1 Å². The van der Waals surface area contributed by atoms with Crippen molar-refractivity contribution in [2.45, 2.75) is 19.1 Å². The second-order valence-corrected chi connectivity index (χ2v) is 6.37.